The lowest BCUT2D eigenvalue weighted by Gasteiger charge is -2.06. The maximum absolute atomic E-state index is 12.1. The van der Waals surface area contributed by atoms with Crippen LogP contribution in [-0.2, 0) is 4.79 Å². The summed E-state index contributed by atoms with van der Waals surface area (Å²) >= 11 is 1.42. The van der Waals surface area contributed by atoms with Crippen molar-refractivity contribution in [3.8, 4) is 5.75 Å². The fourth-order valence-corrected chi connectivity index (χ4v) is 3.50. The van der Waals surface area contributed by atoms with Gasteiger partial charge in [-0.2, -0.15) is 0 Å². The molecule has 4 rings (SSSR count). The summed E-state index contributed by atoms with van der Waals surface area (Å²) in [6.07, 6.45) is 0. The van der Waals surface area contributed by atoms with Gasteiger partial charge in [0, 0.05) is 17.5 Å². The number of hydrogen-bond acceptors (Lipinski definition) is 6. The predicted molar refractivity (Wildman–Crippen MR) is 101 cm³/mol. The van der Waals surface area contributed by atoms with E-state index in [9.17, 15) is 9.59 Å². The largest absolute Gasteiger partial charge is 0.484 e. The summed E-state index contributed by atoms with van der Waals surface area (Å²) in [6, 6.07) is 14.0. The van der Waals surface area contributed by atoms with Gasteiger partial charge in [-0.1, -0.05) is 17.4 Å². The summed E-state index contributed by atoms with van der Waals surface area (Å²) in [7, 11) is 0. The van der Waals surface area contributed by atoms with Gasteiger partial charge in [0.05, 0.1) is 10.2 Å². The third-order valence-corrected chi connectivity index (χ3v) is 4.69. The van der Waals surface area contributed by atoms with Crippen LogP contribution >= 0.6 is 11.3 Å². The van der Waals surface area contributed by atoms with Crippen LogP contribution in [0.4, 0.5) is 5.13 Å². The zero-order chi connectivity index (χ0) is 18.1. The summed E-state index contributed by atoms with van der Waals surface area (Å²) in [5.41, 5.74) is 1.97. The predicted octanol–water partition coefficient (Wildman–Crippen LogP) is 3.73. The number of fused-ring (bicyclic) bond motifs is 2. The molecule has 0 aliphatic carbocycles. The molecule has 4 aromatic rings. The van der Waals surface area contributed by atoms with E-state index in [1.807, 2.05) is 25.1 Å². The Morgan fingerprint density at radius 2 is 2.04 bits per heavy atom. The Morgan fingerprint density at radius 1 is 1.19 bits per heavy atom. The minimum atomic E-state index is -0.432. The van der Waals surface area contributed by atoms with Gasteiger partial charge < -0.3 is 9.15 Å². The number of benzene rings is 2. The molecular formula is C19H14N2O4S. The normalized spacial score (nSPS) is 11.0. The average molecular weight is 366 g/mol. The third kappa shape index (κ3) is 3.43. The van der Waals surface area contributed by atoms with Crippen molar-refractivity contribution >= 4 is 43.6 Å². The van der Waals surface area contributed by atoms with Gasteiger partial charge in [0.15, 0.2) is 11.7 Å². The number of thiazole rings is 1. The van der Waals surface area contributed by atoms with Crippen molar-refractivity contribution in [1.82, 2.24) is 4.98 Å². The van der Waals surface area contributed by atoms with Gasteiger partial charge in [0.25, 0.3) is 5.91 Å². The molecule has 0 spiro atoms. The van der Waals surface area contributed by atoms with Crippen molar-refractivity contribution in [2.24, 2.45) is 0 Å². The van der Waals surface area contributed by atoms with Gasteiger partial charge in [-0.15, -0.1) is 0 Å². The summed E-state index contributed by atoms with van der Waals surface area (Å²) < 4.78 is 11.6. The molecule has 0 saturated heterocycles. The van der Waals surface area contributed by atoms with E-state index in [2.05, 4.69) is 10.3 Å². The number of carbonyl (C=O) groups excluding carboxylic acids is 1. The summed E-state index contributed by atoms with van der Waals surface area (Å²) in [5, 5.41) is 4.05. The number of amides is 1. The van der Waals surface area contributed by atoms with Crippen molar-refractivity contribution < 1.29 is 13.9 Å². The molecule has 0 aliphatic heterocycles. The van der Waals surface area contributed by atoms with Crippen LogP contribution in [0, 0.1) is 6.92 Å². The van der Waals surface area contributed by atoms with Gasteiger partial charge in [-0.3, -0.25) is 10.1 Å². The number of carbonyl (C=O) groups is 1. The highest BCUT2D eigenvalue weighted by molar-refractivity contribution is 7.22. The number of aromatic nitrogens is 1. The number of ether oxygens (including phenoxy) is 1. The Morgan fingerprint density at radius 3 is 2.92 bits per heavy atom. The fraction of sp³-hybridized carbons (Fsp3) is 0.105. The van der Waals surface area contributed by atoms with Crippen molar-refractivity contribution in [3.63, 3.8) is 0 Å². The van der Waals surface area contributed by atoms with Crippen molar-refractivity contribution in [1.29, 1.82) is 0 Å². The van der Waals surface area contributed by atoms with E-state index in [0.717, 1.165) is 21.2 Å². The van der Waals surface area contributed by atoms with Crippen molar-refractivity contribution in [2.45, 2.75) is 6.92 Å². The summed E-state index contributed by atoms with van der Waals surface area (Å²) in [6.45, 7) is 1.84. The Balaban J connectivity index is 1.43. The molecule has 7 heteroatoms. The van der Waals surface area contributed by atoms with Crippen molar-refractivity contribution in [2.75, 3.05) is 11.9 Å². The minimum Gasteiger partial charge on any atom is -0.484 e. The second-order valence-corrected chi connectivity index (χ2v) is 6.81. The molecule has 0 unspecified atom stereocenters. The SMILES string of the molecule is Cc1ccc2nc(NC(=O)COc3ccc4ccc(=O)oc4c3)sc2c1. The van der Waals surface area contributed by atoms with E-state index in [-0.39, 0.29) is 12.5 Å². The van der Waals surface area contributed by atoms with Crippen LogP contribution in [0.3, 0.4) is 0 Å². The van der Waals surface area contributed by atoms with Crippen LogP contribution in [0.25, 0.3) is 21.2 Å². The molecule has 2 aromatic carbocycles. The Bertz CT molecular complexity index is 1180. The maximum atomic E-state index is 12.1. The molecule has 0 saturated carbocycles. The van der Waals surface area contributed by atoms with Crippen LogP contribution in [-0.4, -0.2) is 17.5 Å². The van der Waals surface area contributed by atoms with Crippen LogP contribution in [0.2, 0.25) is 0 Å². The van der Waals surface area contributed by atoms with E-state index in [4.69, 9.17) is 9.15 Å². The number of anilines is 1. The van der Waals surface area contributed by atoms with E-state index < -0.39 is 5.63 Å². The Labute approximate surface area is 152 Å². The molecule has 0 fully saturated rings. The number of rotatable bonds is 4. The zero-order valence-corrected chi connectivity index (χ0v) is 14.6. The van der Waals surface area contributed by atoms with Gasteiger partial charge >= 0.3 is 5.63 Å². The molecule has 26 heavy (non-hydrogen) atoms. The second-order valence-electron chi connectivity index (χ2n) is 5.78. The van der Waals surface area contributed by atoms with Crippen molar-refractivity contribution in [3.05, 3.63) is 64.5 Å². The molecule has 0 aliphatic rings. The topological polar surface area (TPSA) is 81.4 Å². The monoisotopic (exact) mass is 366 g/mol. The highest BCUT2D eigenvalue weighted by Crippen LogP contribution is 2.26. The molecule has 1 amide bonds. The van der Waals surface area contributed by atoms with E-state index in [1.54, 1.807) is 24.3 Å². The molecule has 2 aromatic heterocycles. The lowest BCUT2D eigenvalue weighted by atomic mass is 10.2. The highest BCUT2D eigenvalue weighted by Gasteiger charge is 2.09. The lowest BCUT2D eigenvalue weighted by molar-refractivity contribution is -0.118. The molecular weight excluding hydrogens is 352 g/mol. The molecule has 2 heterocycles. The van der Waals surface area contributed by atoms with Gasteiger partial charge in [0.2, 0.25) is 0 Å². The first-order valence-electron chi connectivity index (χ1n) is 7.91. The lowest BCUT2D eigenvalue weighted by Crippen LogP contribution is -2.20. The number of aryl methyl sites for hydroxylation is 1. The molecule has 1 N–H and O–H groups in total. The Kier molecular flexibility index (Phi) is 4.14. The average Bonchev–Trinajstić information content (AvgIpc) is 3.00. The van der Waals surface area contributed by atoms with E-state index >= 15 is 0 Å². The second kappa shape index (κ2) is 6.61. The Hall–Kier alpha value is -3.19. The van der Waals surface area contributed by atoms with Crippen LogP contribution in [0.15, 0.2) is 57.7 Å². The summed E-state index contributed by atoms with van der Waals surface area (Å²) in [4.78, 5) is 27.8. The summed E-state index contributed by atoms with van der Waals surface area (Å²) in [5.74, 6) is 0.136. The number of hydrogen-bond donors (Lipinski definition) is 1. The zero-order valence-electron chi connectivity index (χ0n) is 13.8. The van der Waals surface area contributed by atoms with Crippen LogP contribution in [0.5, 0.6) is 5.75 Å². The van der Waals surface area contributed by atoms with E-state index in [0.29, 0.717) is 16.5 Å². The molecule has 0 radical (unpaired) electrons. The number of nitrogens with one attached hydrogen (secondary N) is 1. The molecule has 0 bridgehead atoms. The molecule has 6 nitrogen and oxygen atoms in total. The van der Waals surface area contributed by atoms with E-state index in [1.165, 1.54) is 17.4 Å². The fourth-order valence-electron chi connectivity index (χ4n) is 2.52. The first kappa shape index (κ1) is 16.3. The maximum Gasteiger partial charge on any atom is 0.336 e. The third-order valence-electron chi connectivity index (χ3n) is 3.75. The molecule has 130 valence electrons. The highest BCUT2D eigenvalue weighted by atomic mass is 32.1. The first-order valence-corrected chi connectivity index (χ1v) is 8.72. The van der Waals surface area contributed by atoms with Gasteiger partial charge in [-0.05, 0) is 42.8 Å². The van der Waals surface area contributed by atoms with Crippen LogP contribution in [0.1, 0.15) is 5.56 Å². The molecule has 0 atom stereocenters. The minimum absolute atomic E-state index is 0.169. The van der Waals surface area contributed by atoms with Crippen LogP contribution < -0.4 is 15.7 Å². The number of nitrogens with zero attached hydrogens (tertiary/aromatic N) is 1. The standard InChI is InChI=1S/C19H14N2O4S/c1-11-2-6-14-16(8-11)26-19(20-14)21-17(22)10-24-13-5-3-12-4-7-18(23)25-15(12)9-13/h2-9H,10H2,1H3,(H,20,21,22). The first-order chi connectivity index (χ1) is 12.6. The van der Waals surface area contributed by atoms with Gasteiger partial charge in [0.1, 0.15) is 11.3 Å². The smallest absolute Gasteiger partial charge is 0.336 e. The van der Waals surface area contributed by atoms with Gasteiger partial charge in [-0.25, -0.2) is 9.78 Å². The quantitative estimate of drug-likeness (QED) is 0.557.